The highest BCUT2D eigenvalue weighted by atomic mass is 19.4. The van der Waals surface area contributed by atoms with Gasteiger partial charge in [-0.2, -0.15) is 13.2 Å². The van der Waals surface area contributed by atoms with E-state index in [1.54, 1.807) is 0 Å². The van der Waals surface area contributed by atoms with E-state index in [-0.39, 0.29) is 17.6 Å². The Labute approximate surface area is 120 Å². The van der Waals surface area contributed by atoms with Crippen LogP contribution in [0.2, 0.25) is 0 Å². The van der Waals surface area contributed by atoms with Crippen LogP contribution < -0.4 is 10.1 Å². The average Bonchev–Trinajstić information content (AvgIpc) is 2.46. The minimum atomic E-state index is -4.36. The van der Waals surface area contributed by atoms with Gasteiger partial charge in [-0.25, -0.2) is 0 Å². The average molecular weight is 299 g/mol. The maximum Gasteiger partial charge on any atom is 0.422 e. The van der Waals surface area contributed by atoms with Crippen molar-refractivity contribution >= 4 is 11.6 Å². The first-order valence-electron chi connectivity index (χ1n) is 6.69. The van der Waals surface area contributed by atoms with Gasteiger partial charge in [0.05, 0.1) is 0 Å². The molecule has 21 heavy (non-hydrogen) atoms. The lowest BCUT2D eigenvalue weighted by Crippen LogP contribution is -2.23. The third kappa shape index (κ3) is 5.13. The first-order valence-corrected chi connectivity index (χ1v) is 6.69. The summed E-state index contributed by atoms with van der Waals surface area (Å²) in [4.78, 5) is 12.0. The lowest BCUT2D eigenvalue weighted by Gasteiger charge is -2.17. The topological polar surface area (TPSA) is 38.3 Å². The molecule has 1 N–H and O–H groups in total. The molecule has 0 aromatic heterocycles. The molecule has 0 fully saturated rings. The molecule has 1 aromatic carbocycles. The molecular formula is C15H16F3NO2. The molecule has 0 heterocycles. The number of nitrogens with one attached hydrogen (secondary N) is 1. The largest absolute Gasteiger partial charge is 0.484 e. The third-order valence-electron chi connectivity index (χ3n) is 3.16. The zero-order valence-corrected chi connectivity index (χ0v) is 11.3. The number of anilines is 1. The number of hydrogen-bond acceptors (Lipinski definition) is 2. The summed E-state index contributed by atoms with van der Waals surface area (Å²) in [5.74, 6) is 0.00499. The number of rotatable bonds is 4. The fraction of sp³-hybridized carbons (Fsp3) is 0.400. The van der Waals surface area contributed by atoms with E-state index in [1.807, 2.05) is 6.08 Å². The molecule has 1 unspecified atom stereocenters. The minimum absolute atomic E-state index is 0.0452. The van der Waals surface area contributed by atoms with Gasteiger partial charge in [0.25, 0.3) is 0 Å². The normalized spacial score (nSPS) is 18.3. The minimum Gasteiger partial charge on any atom is -0.484 e. The molecule has 1 aliphatic carbocycles. The summed E-state index contributed by atoms with van der Waals surface area (Å²) < 4.78 is 40.6. The molecule has 6 heteroatoms. The maximum absolute atomic E-state index is 12.0. The fourth-order valence-corrected chi connectivity index (χ4v) is 2.08. The van der Waals surface area contributed by atoms with Crippen LogP contribution >= 0.6 is 0 Å². The maximum atomic E-state index is 12.0. The number of alkyl halides is 3. The van der Waals surface area contributed by atoms with Crippen LogP contribution in [0.4, 0.5) is 18.9 Å². The van der Waals surface area contributed by atoms with Crippen LogP contribution in [-0.2, 0) is 4.79 Å². The molecule has 0 saturated carbocycles. The van der Waals surface area contributed by atoms with Crippen molar-refractivity contribution in [3.8, 4) is 5.75 Å². The number of benzene rings is 1. The van der Waals surface area contributed by atoms with E-state index in [9.17, 15) is 18.0 Å². The molecule has 0 aliphatic heterocycles. The van der Waals surface area contributed by atoms with E-state index in [0.717, 1.165) is 19.3 Å². The van der Waals surface area contributed by atoms with Crippen LogP contribution in [0.1, 0.15) is 19.3 Å². The molecule has 3 nitrogen and oxygen atoms in total. The lowest BCUT2D eigenvalue weighted by atomic mass is 9.93. The highest BCUT2D eigenvalue weighted by molar-refractivity contribution is 5.92. The second-order valence-electron chi connectivity index (χ2n) is 4.90. The quantitative estimate of drug-likeness (QED) is 0.856. The van der Waals surface area contributed by atoms with Gasteiger partial charge in [-0.3, -0.25) is 4.79 Å². The Morgan fingerprint density at radius 3 is 2.52 bits per heavy atom. The van der Waals surface area contributed by atoms with Crippen LogP contribution in [0.25, 0.3) is 0 Å². The van der Waals surface area contributed by atoms with Crippen molar-refractivity contribution in [2.45, 2.75) is 25.4 Å². The SMILES string of the molecule is O=C(Nc1ccc(OCC(F)(F)F)cc1)C1CC=CCC1. The van der Waals surface area contributed by atoms with E-state index in [1.165, 1.54) is 24.3 Å². The lowest BCUT2D eigenvalue weighted by molar-refractivity contribution is -0.153. The van der Waals surface area contributed by atoms with Gasteiger partial charge in [0.15, 0.2) is 6.61 Å². The van der Waals surface area contributed by atoms with Crippen LogP contribution in [0.5, 0.6) is 5.75 Å². The van der Waals surface area contributed by atoms with Crippen LogP contribution in [0, 0.1) is 5.92 Å². The monoisotopic (exact) mass is 299 g/mol. The number of carbonyl (C=O) groups excluding carboxylic acids is 1. The molecule has 0 spiro atoms. The fourth-order valence-electron chi connectivity index (χ4n) is 2.08. The van der Waals surface area contributed by atoms with E-state index in [0.29, 0.717) is 5.69 Å². The van der Waals surface area contributed by atoms with Gasteiger partial charge >= 0.3 is 6.18 Å². The van der Waals surface area contributed by atoms with Crippen molar-refractivity contribution in [3.63, 3.8) is 0 Å². The highest BCUT2D eigenvalue weighted by Gasteiger charge is 2.28. The van der Waals surface area contributed by atoms with Gasteiger partial charge in [-0.15, -0.1) is 0 Å². The molecule has 1 aromatic rings. The van der Waals surface area contributed by atoms with Gasteiger partial charge in [-0.1, -0.05) is 12.2 Å². The number of allylic oxidation sites excluding steroid dienone is 2. The number of ether oxygens (including phenoxy) is 1. The predicted molar refractivity (Wildman–Crippen MR) is 73.1 cm³/mol. The van der Waals surface area contributed by atoms with Crippen molar-refractivity contribution in [3.05, 3.63) is 36.4 Å². The number of amides is 1. The number of halogens is 3. The second-order valence-corrected chi connectivity index (χ2v) is 4.90. The summed E-state index contributed by atoms with van der Waals surface area (Å²) >= 11 is 0. The van der Waals surface area contributed by atoms with Crippen molar-refractivity contribution in [2.24, 2.45) is 5.92 Å². The van der Waals surface area contributed by atoms with Crippen LogP contribution in [-0.4, -0.2) is 18.7 Å². The summed E-state index contributed by atoms with van der Waals surface area (Å²) in [5.41, 5.74) is 0.550. The standard InChI is InChI=1S/C15H16F3NO2/c16-15(17,18)10-21-13-8-6-12(7-9-13)19-14(20)11-4-2-1-3-5-11/h1-2,6-9,11H,3-5,10H2,(H,19,20). The van der Waals surface area contributed by atoms with Crippen LogP contribution in [0.3, 0.4) is 0 Å². The van der Waals surface area contributed by atoms with Crippen molar-refractivity contribution in [1.29, 1.82) is 0 Å². The van der Waals surface area contributed by atoms with E-state index in [2.05, 4.69) is 16.1 Å². The summed E-state index contributed by atoms with van der Waals surface area (Å²) in [6.07, 6.45) is 2.11. The van der Waals surface area contributed by atoms with Crippen molar-refractivity contribution in [1.82, 2.24) is 0 Å². The Morgan fingerprint density at radius 1 is 1.24 bits per heavy atom. The third-order valence-corrected chi connectivity index (χ3v) is 3.16. The molecule has 2 rings (SSSR count). The van der Waals surface area contributed by atoms with E-state index >= 15 is 0 Å². The smallest absolute Gasteiger partial charge is 0.422 e. The second kappa shape index (κ2) is 6.65. The number of hydrogen-bond donors (Lipinski definition) is 1. The molecule has 0 saturated heterocycles. The molecular weight excluding hydrogens is 283 g/mol. The predicted octanol–water partition coefficient (Wildman–Crippen LogP) is 3.92. The zero-order valence-electron chi connectivity index (χ0n) is 11.3. The summed E-state index contributed by atoms with van der Waals surface area (Å²) in [6.45, 7) is -1.33. The Morgan fingerprint density at radius 2 is 1.95 bits per heavy atom. The zero-order chi connectivity index (χ0) is 15.3. The van der Waals surface area contributed by atoms with Crippen molar-refractivity contribution in [2.75, 3.05) is 11.9 Å². The number of carbonyl (C=O) groups is 1. The van der Waals surface area contributed by atoms with Gasteiger partial charge in [-0.05, 0) is 43.5 Å². The molecule has 0 bridgehead atoms. The van der Waals surface area contributed by atoms with E-state index < -0.39 is 12.8 Å². The first-order chi connectivity index (χ1) is 9.94. The van der Waals surface area contributed by atoms with Gasteiger partial charge in [0.2, 0.25) is 5.91 Å². The highest BCUT2D eigenvalue weighted by Crippen LogP contribution is 2.22. The van der Waals surface area contributed by atoms with Gasteiger partial charge < -0.3 is 10.1 Å². The Balaban J connectivity index is 1.87. The summed E-state index contributed by atoms with van der Waals surface area (Å²) in [5, 5.41) is 2.76. The molecule has 1 aliphatic rings. The van der Waals surface area contributed by atoms with E-state index in [4.69, 9.17) is 0 Å². The molecule has 1 atom stereocenters. The Kier molecular flexibility index (Phi) is 4.88. The van der Waals surface area contributed by atoms with Crippen molar-refractivity contribution < 1.29 is 22.7 Å². The molecule has 0 radical (unpaired) electrons. The first kappa shape index (κ1) is 15.4. The van der Waals surface area contributed by atoms with Crippen LogP contribution in [0.15, 0.2) is 36.4 Å². The summed E-state index contributed by atoms with van der Waals surface area (Å²) in [7, 11) is 0. The molecule has 1 amide bonds. The molecule has 114 valence electrons. The van der Waals surface area contributed by atoms with Gasteiger partial charge in [0, 0.05) is 11.6 Å². The Hall–Kier alpha value is -1.98. The summed E-state index contributed by atoms with van der Waals surface area (Å²) in [6, 6.07) is 5.87. The van der Waals surface area contributed by atoms with Gasteiger partial charge in [0.1, 0.15) is 5.75 Å². The Bertz CT molecular complexity index is 509.